The molecule has 0 amide bonds. The molecule has 0 spiro atoms. The van der Waals surface area contributed by atoms with Crippen molar-refractivity contribution in [1.29, 1.82) is 0 Å². The normalized spacial score (nSPS) is 11.6. The number of anilines is 3. The summed E-state index contributed by atoms with van der Waals surface area (Å²) in [6, 6.07) is 17.3. The van der Waals surface area contributed by atoms with Crippen LogP contribution in [0.3, 0.4) is 0 Å². The van der Waals surface area contributed by atoms with Gasteiger partial charge in [0.05, 0.1) is 35.7 Å². The van der Waals surface area contributed by atoms with Gasteiger partial charge >= 0.3 is 0 Å². The molecule has 6 aromatic rings. The van der Waals surface area contributed by atoms with Gasteiger partial charge in [0.2, 0.25) is 10.0 Å². The minimum absolute atomic E-state index is 0.0646. The fourth-order valence-electron chi connectivity index (χ4n) is 4.31. The van der Waals surface area contributed by atoms with Crippen LogP contribution in [0.15, 0.2) is 85.7 Å². The second kappa shape index (κ2) is 9.93. The van der Waals surface area contributed by atoms with E-state index in [0.717, 1.165) is 44.9 Å². The smallest absolute Gasteiger partial charge is 0.229 e. The summed E-state index contributed by atoms with van der Waals surface area (Å²) < 4.78 is 27.8. The van der Waals surface area contributed by atoms with Gasteiger partial charge in [-0.2, -0.15) is 5.10 Å². The Bertz CT molecular complexity index is 1940. The van der Waals surface area contributed by atoms with E-state index in [0.29, 0.717) is 17.9 Å². The Kier molecular flexibility index (Phi) is 6.29. The highest BCUT2D eigenvalue weighted by Gasteiger charge is 2.12. The van der Waals surface area contributed by atoms with Gasteiger partial charge in [-0.1, -0.05) is 23.7 Å². The molecule has 0 radical (unpaired) electrons. The van der Waals surface area contributed by atoms with Gasteiger partial charge in [0, 0.05) is 40.6 Å². The largest absolute Gasteiger partial charge is 0.340 e. The molecule has 4 aromatic heterocycles. The number of nitrogens with zero attached hydrogens (tertiary/aromatic N) is 6. The van der Waals surface area contributed by atoms with E-state index in [1.807, 2.05) is 65.6 Å². The zero-order chi connectivity index (χ0) is 27.0. The van der Waals surface area contributed by atoms with Gasteiger partial charge in [-0.25, -0.2) is 23.4 Å². The second-order valence-electron chi connectivity index (χ2n) is 8.95. The summed E-state index contributed by atoms with van der Waals surface area (Å²) in [7, 11) is -3.52. The van der Waals surface area contributed by atoms with Crippen LogP contribution in [0, 0.1) is 0 Å². The minimum Gasteiger partial charge on any atom is -0.340 e. The van der Waals surface area contributed by atoms with E-state index >= 15 is 0 Å². The first-order chi connectivity index (χ1) is 18.8. The Morgan fingerprint density at radius 2 is 1.85 bits per heavy atom. The molecular weight excluding hydrogens is 536 g/mol. The maximum atomic E-state index is 11.7. The summed E-state index contributed by atoms with van der Waals surface area (Å²) in [6.45, 7) is 0.629. The van der Waals surface area contributed by atoms with Crippen molar-refractivity contribution in [3.8, 4) is 11.1 Å². The summed E-state index contributed by atoms with van der Waals surface area (Å²) in [5, 5.41) is 9.79. The molecule has 0 aliphatic rings. The van der Waals surface area contributed by atoms with Crippen molar-refractivity contribution in [2.75, 3.05) is 16.3 Å². The van der Waals surface area contributed by atoms with Crippen molar-refractivity contribution in [3.05, 3.63) is 96.4 Å². The Morgan fingerprint density at radius 1 is 0.949 bits per heavy atom. The van der Waals surface area contributed by atoms with Gasteiger partial charge in [0.1, 0.15) is 12.1 Å². The number of hydrogen-bond donors (Lipinski definition) is 2. The molecule has 0 unspecified atom stereocenters. The zero-order valence-electron chi connectivity index (χ0n) is 20.6. The number of halogens is 1. The topological polar surface area (TPSA) is 128 Å². The van der Waals surface area contributed by atoms with Crippen LogP contribution in [-0.4, -0.2) is 44.4 Å². The summed E-state index contributed by atoms with van der Waals surface area (Å²) in [5.41, 5.74) is 5.37. The maximum Gasteiger partial charge on any atom is 0.229 e. The number of nitrogens with one attached hydrogen (secondary N) is 2. The van der Waals surface area contributed by atoms with Crippen LogP contribution in [0.2, 0.25) is 5.15 Å². The number of aromatic nitrogens is 6. The van der Waals surface area contributed by atoms with Crippen LogP contribution in [-0.2, 0) is 16.6 Å². The molecule has 0 atom stereocenters. The number of hydrogen-bond acceptors (Lipinski definition) is 8. The van der Waals surface area contributed by atoms with Gasteiger partial charge in [0.15, 0.2) is 5.15 Å². The standard InChI is InChI=1S/C27H21ClN8O2S/c1-39(37,38)35-24-11-19(13-30-26(24)28)18-4-6-23-22(10-18)27(32-16-31-23)34-21-5-7-25-20(9-21)14-33-36(25)15-17-3-2-8-29-12-17/h2-14,16,35H,15H2,1H3,(H,31,32,34). The monoisotopic (exact) mass is 556 g/mol. The lowest BCUT2D eigenvalue weighted by Crippen LogP contribution is -2.10. The van der Waals surface area contributed by atoms with E-state index < -0.39 is 10.0 Å². The van der Waals surface area contributed by atoms with Crippen LogP contribution in [0.4, 0.5) is 17.2 Å². The van der Waals surface area contributed by atoms with Gasteiger partial charge in [-0.3, -0.25) is 14.4 Å². The summed E-state index contributed by atoms with van der Waals surface area (Å²) in [6.07, 6.45) is 9.58. The third kappa shape index (κ3) is 5.35. The SMILES string of the molecule is CS(=O)(=O)Nc1cc(-c2ccc3ncnc(Nc4ccc5c(cnn5Cc5cccnc5)c4)c3c2)cnc1Cl. The first-order valence-electron chi connectivity index (χ1n) is 11.8. The number of pyridine rings is 2. The lowest BCUT2D eigenvalue weighted by molar-refractivity contribution is 0.607. The predicted octanol–water partition coefficient (Wildman–Crippen LogP) is 5.25. The summed E-state index contributed by atoms with van der Waals surface area (Å²) in [5.74, 6) is 0.625. The average molecular weight is 557 g/mol. The van der Waals surface area contributed by atoms with E-state index in [1.165, 1.54) is 6.33 Å². The number of rotatable bonds is 7. The van der Waals surface area contributed by atoms with Gasteiger partial charge in [0.25, 0.3) is 0 Å². The molecular formula is C27H21ClN8O2S. The maximum absolute atomic E-state index is 11.7. The highest BCUT2D eigenvalue weighted by Crippen LogP contribution is 2.32. The van der Waals surface area contributed by atoms with E-state index in [1.54, 1.807) is 18.5 Å². The first-order valence-corrected chi connectivity index (χ1v) is 14.1. The molecule has 0 aliphatic heterocycles. The second-order valence-corrected chi connectivity index (χ2v) is 11.1. The van der Waals surface area contributed by atoms with E-state index in [-0.39, 0.29) is 10.8 Å². The van der Waals surface area contributed by atoms with Crippen molar-refractivity contribution in [2.45, 2.75) is 6.54 Å². The minimum atomic E-state index is -3.52. The van der Waals surface area contributed by atoms with Gasteiger partial charge in [-0.05, 0) is 53.6 Å². The van der Waals surface area contributed by atoms with Crippen molar-refractivity contribution >= 4 is 60.6 Å². The van der Waals surface area contributed by atoms with Gasteiger partial charge in [-0.15, -0.1) is 0 Å². The molecule has 4 heterocycles. The van der Waals surface area contributed by atoms with Gasteiger partial charge < -0.3 is 5.32 Å². The summed E-state index contributed by atoms with van der Waals surface area (Å²) in [4.78, 5) is 17.2. The first kappa shape index (κ1) is 24.7. The van der Waals surface area contributed by atoms with Crippen molar-refractivity contribution in [1.82, 2.24) is 29.7 Å². The molecule has 2 N–H and O–H groups in total. The van der Waals surface area contributed by atoms with Crippen LogP contribution in [0.25, 0.3) is 32.9 Å². The molecule has 0 saturated carbocycles. The fraction of sp³-hybridized carbons (Fsp3) is 0.0741. The highest BCUT2D eigenvalue weighted by atomic mass is 35.5. The van der Waals surface area contributed by atoms with Crippen molar-refractivity contribution < 1.29 is 8.42 Å². The molecule has 2 aromatic carbocycles. The van der Waals surface area contributed by atoms with Crippen LogP contribution in [0.5, 0.6) is 0 Å². The summed E-state index contributed by atoms with van der Waals surface area (Å²) >= 11 is 6.11. The molecule has 0 fully saturated rings. The van der Waals surface area contributed by atoms with Crippen LogP contribution >= 0.6 is 11.6 Å². The molecule has 0 saturated heterocycles. The Hall–Kier alpha value is -4.61. The van der Waals surface area contributed by atoms with Crippen LogP contribution in [0.1, 0.15) is 5.56 Å². The molecule has 0 bridgehead atoms. The highest BCUT2D eigenvalue weighted by molar-refractivity contribution is 7.92. The third-order valence-electron chi connectivity index (χ3n) is 6.06. The fourth-order valence-corrected chi connectivity index (χ4v) is 5.07. The molecule has 39 heavy (non-hydrogen) atoms. The van der Waals surface area contributed by atoms with E-state index in [9.17, 15) is 8.42 Å². The molecule has 10 nitrogen and oxygen atoms in total. The van der Waals surface area contributed by atoms with Crippen molar-refractivity contribution in [3.63, 3.8) is 0 Å². The number of fused-ring (bicyclic) bond motifs is 2. The third-order valence-corrected chi connectivity index (χ3v) is 6.95. The zero-order valence-corrected chi connectivity index (χ0v) is 22.1. The molecule has 12 heteroatoms. The van der Waals surface area contributed by atoms with E-state index in [2.05, 4.69) is 35.1 Å². The Balaban J connectivity index is 1.32. The lowest BCUT2D eigenvalue weighted by Gasteiger charge is -2.11. The average Bonchev–Trinajstić information content (AvgIpc) is 3.31. The molecule has 6 rings (SSSR count). The number of benzene rings is 2. The quantitative estimate of drug-likeness (QED) is 0.255. The van der Waals surface area contributed by atoms with E-state index in [4.69, 9.17) is 11.6 Å². The predicted molar refractivity (Wildman–Crippen MR) is 153 cm³/mol. The molecule has 0 aliphatic carbocycles. The van der Waals surface area contributed by atoms with Crippen molar-refractivity contribution in [2.24, 2.45) is 0 Å². The lowest BCUT2D eigenvalue weighted by atomic mass is 10.0. The Labute approximate surface area is 228 Å². The number of sulfonamides is 1. The Morgan fingerprint density at radius 3 is 2.67 bits per heavy atom. The van der Waals surface area contributed by atoms with Crippen LogP contribution < -0.4 is 10.0 Å². The molecule has 194 valence electrons.